The Hall–Kier alpha value is -2.13. The van der Waals surface area contributed by atoms with Crippen LogP contribution < -0.4 is 5.32 Å². The second-order valence-electron chi connectivity index (χ2n) is 6.68. The van der Waals surface area contributed by atoms with Gasteiger partial charge in [-0.25, -0.2) is 4.79 Å². The Kier molecular flexibility index (Phi) is 4.49. The van der Waals surface area contributed by atoms with Gasteiger partial charge in [0.1, 0.15) is 0 Å². The highest BCUT2D eigenvalue weighted by Crippen LogP contribution is 2.36. The summed E-state index contributed by atoms with van der Waals surface area (Å²) >= 11 is 0. The van der Waals surface area contributed by atoms with Gasteiger partial charge in [0, 0.05) is 18.5 Å². The minimum atomic E-state index is -0.875. The van der Waals surface area contributed by atoms with Crippen molar-refractivity contribution in [2.24, 2.45) is 0 Å². The Bertz CT molecular complexity index is 710. The standard InChI is InChI=1S/C20H23NO2/c1-20(11-5-9-16-7-2-3-10-18(16)20)14-21-13-15-6-4-8-17(12-15)19(22)23/h2-4,6-8,10,12,21H,5,9,11,13-14H2,1H3,(H,22,23). The minimum absolute atomic E-state index is 0.152. The van der Waals surface area contributed by atoms with E-state index in [1.807, 2.05) is 6.07 Å². The van der Waals surface area contributed by atoms with Crippen molar-refractivity contribution in [2.75, 3.05) is 6.54 Å². The number of hydrogen-bond donors (Lipinski definition) is 2. The van der Waals surface area contributed by atoms with Gasteiger partial charge in [0.25, 0.3) is 0 Å². The molecule has 0 saturated carbocycles. The molecule has 0 saturated heterocycles. The van der Waals surface area contributed by atoms with Crippen LogP contribution in [-0.2, 0) is 18.4 Å². The lowest BCUT2D eigenvalue weighted by atomic mass is 9.71. The fourth-order valence-corrected chi connectivity index (χ4v) is 3.61. The van der Waals surface area contributed by atoms with Gasteiger partial charge in [-0.2, -0.15) is 0 Å². The predicted molar refractivity (Wildman–Crippen MR) is 91.8 cm³/mol. The Morgan fingerprint density at radius 3 is 2.87 bits per heavy atom. The van der Waals surface area contributed by atoms with Crippen LogP contribution in [-0.4, -0.2) is 17.6 Å². The molecule has 0 spiro atoms. The number of fused-ring (bicyclic) bond motifs is 1. The van der Waals surface area contributed by atoms with Crippen molar-refractivity contribution in [1.82, 2.24) is 5.32 Å². The maximum Gasteiger partial charge on any atom is 0.335 e. The van der Waals surface area contributed by atoms with Crippen LogP contribution in [0.4, 0.5) is 0 Å². The third-order valence-electron chi connectivity index (χ3n) is 4.86. The fourth-order valence-electron chi connectivity index (χ4n) is 3.61. The summed E-state index contributed by atoms with van der Waals surface area (Å²) in [5, 5.41) is 12.6. The van der Waals surface area contributed by atoms with Crippen molar-refractivity contribution in [1.29, 1.82) is 0 Å². The van der Waals surface area contributed by atoms with Crippen molar-refractivity contribution < 1.29 is 9.90 Å². The van der Waals surface area contributed by atoms with Gasteiger partial charge in [-0.1, -0.05) is 43.3 Å². The van der Waals surface area contributed by atoms with Crippen molar-refractivity contribution in [3.05, 3.63) is 70.8 Å². The van der Waals surface area contributed by atoms with Crippen molar-refractivity contribution in [3.8, 4) is 0 Å². The van der Waals surface area contributed by atoms with Gasteiger partial charge in [-0.3, -0.25) is 0 Å². The number of aryl methyl sites for hydroxylation is 1. The highest BCUT2D eigenvalue weighted by Gasteiger charge is 2.31. The predicted octanol–water partition coefficient (Wildman–Crippen LogP) is 3.77. The molecule has 0 heterocycles. The van der Waals surface area contributed by atoms with Crippen LogP contribution in [0.1, 0.15) is 46.8 Å². The Balaban J connectivity index is 1.67. The molecule has 120 valence electrons. The minimum Gasteiger partial charge on any atom is -0.478 e. The normalized spacial score (nSPS) is 20.0. The maximum atomic E-state index is 11.0. The summed E-state index contributed by atoms with van der Waals surface area (Å²) < 4.78 is 0. The van der Waals surface area contributed by atoms with Crippen LogP contribution in [0.5, 0.6) is 0 Å². The number of benzene rings is 2. The molecule has 23 heavy (non-hydrogen) atoms. The first-order chi connectivity index (χ1) is 11.1. The van der Waals surface area contributed by atoms with E-state index in [9.17, 15) is 4.79 Å². The summed E-state index contributed by atoms with van der Waals surface area (Å²) in [6.45, 7) is 3.92. The first-order valence-electron chi connectivity index (χ1n) is 8.20. The lowest BCUT2D eigenvalue weighted by Crippen LogP contribution is -2.38. The van der Waals surface area contributed by atoms with Crippen molar-refractivity contribution >= 4 is 5.97 Å². The molecule has 3 nitrogen and oxygen atoms in total. The monoisotopic (exact) mass is 309 g/mol. The number of carboxylic acids is 1. The van der Waals surface area contributed by atoms with Crippen LogP contribution in [0.2, 0.25) is 0 Å². The number of hydrogen-bond acceptors (Lipinski definition) is 2. The number of carboxylic acid groups (broad SMARTS) is 1. The average molecular weight is 309 g/mol. The first kappa shape index (κ1) is 15.8. The van der Waals surface area contributed by atoms with Crippen LogP contribution >= 0.6 is 0 Å². The van der Waals surface area contributed by atoms with E-state index in [0.29, 0.717) is 12.1 Å². The summed E-state index contributed by atoms with van der Waals surface area (Å²) in [5.74, 6) is -0.875. The number of nitrogens with one attached hydrogen (secondary N) is 1. The first-order valence-corrected chi connectivity index (χ1v) is 8.20. The molecule has 0 bridgehead atoms. The second kappa shape index (κ2) is 6.55. The Morgan fingerprint density at radius 1 is 1.22 bits per heavy atom. The Labute approximate surface area is 137 Å². The molecule has 0 aromatic heterocycles. The van der Waals surface area contributed by atoms with E-state index < -0.39 is 5.97 Å². The van der Waals surface area contributed by atoms with Gasteiger partial charge in [0.05, 0.1) is 5.56 Å². The molecular weight excluding hydrogens is 286 g/mol. The molecule has 1 aliphatic carbocycles. The van der Waals surface area contributed by atoms with E-state index in [1.54, 1.807) is 18.2 Å². The van der Waals surface area contributed by atoms with Crippen molar-refractivity contribution in [3.63, 3.8) is 0 Å². The molecule has 3 heteroatoms. The molecule has 2 N–H and O–H groups in total. The number of carbonyl (C=O) groups is 1. The second-order valence-corrected chi connectivity index (χ2v) is 6.68. The summed E-state index contributed by atoms with van der Waals surface area (Å²) in [6.07, 6.45) is 3.59. The highest BCUT2D eigenvalue weighted by molar-refractivity contribution is 5.87. The molecule has 1 aliphatic rings. The molecule has 3 rings (SSSR count). The molecule has 0 radical (unpaired) electrons. The third kappa shape index (κ3) is 3.45. The van der Waals surface area contributed by atoms with E-state index in [0.717, 1.165) is 12.1 Å². The molecular formula is C20H23NO2. The summed E-state index contributed by atoms with van der Waals surface area (Å²) in [7, 11) is 0. The van der Waals surface area contributed by atoms with E-state index in [2.05, 4.69) is 36.5 Å². The zero-order chi connectivity index (χ0) is 16.3. The van der Waals surface area contributed by atoms with Crippen LogP contribution in [0.3, 0.4) is 0 Å². The molecule has 2 aromatic rings. The SMILES string of the molecule is CC1(CNCc2cccc(C(=O)O)c2)CCCc2ccccc21. The molecule has 2 aromatic carbocycles. The maximum absolute atomic E-state index is 11.0. The zero-order valence-corrected chi connectivity index (χ0v) is 13.5. The van der Waals surface area contributed by atoms with E-state index >= 15 is 0 Å². The van der Waals surface area contributed by atoms with Crippen LogP contribution in [0.25, 0.3) is 0 Å². The highest BCUT2D eigenvalue weighted by atomic mass is 16.4. The smallest absolute Gasteiger partial charge is 0.335 e. The lowest BCUT2D eigenvalue weighted by Gasteiger charge is -2.36. The van der Waals surface area contributed by atoms with Crippen molar-refractivity contribution in [2.45, 2.75) is 38.1 Å². The molecule has 1 atom stereocenters. The zero-order valence-electron chi connectivity index (χ0n) is 13.5. The van der Waals surface area contributed by atoms with Crippen LogP contribution in [0.15, 0.2) is 48.5 Å². The number of rotatable bonds is 5. The quantitative estimate of drug-likeness (QED) is 0.884. The van der Waals surface area contributed by atoms with Gasteiger partial charge in [-0.15, -0.1) is 0 Å². The molecule has 0 fully saturated rings. The topological polar surface area (TPSA) is 49.3 Å². The summed E-state index contributed by atoms with van der Waals surface area (Å²) in [5.41, 5.74) is 4.43. The van der Waals surface area contributed by atoms with Gasteiger partial charge < -0.3 is 10.4 Å². The summed E-state index contributed by atoms with van der Waals surface area (Å²) in [4.78, 5) is 11.0. The van der Waals surface area contributed by atoms with E-state index in [-0.39, 0.29) is 5.41 Å². The summed E-state index contributed by atoms with van der Waals surface area (Å²) in [6, 6.07) is 15.9. The van der Waals surface area contributed by atoms with Gasteiger partial charge in [0.2, 0.25) is 0 Å². The molecule has 1 unspecified atom stereocenters. The average Bonchev–Trinajstić information content (AvgIpc) is 2.55. The molecule has 0 amide bonds. The van der Waals surface area contributed by atoms with Gasteiger partial charge in [0.15, 0.2) is 0 Å². The van der Waals surface area contributed by atoms with Crippen LogP contribution in [0, 0.1) is 0 Å². The largest absolute Gasteiger partial charge is 0.478 e. The van der Waals surface area contributed by atoms with E-state index in [4.69, 9.17) is 5.11 Å². The van der Waals surface area contributed by atoms with Gasteiger partial charge in [-0.05, 0) is 48.1 Å². The molecule has 0 aliphatic heterocycles. The fraction of sp³-hybridized carbons (Fsp3) is 0.350. The van der Waals surface area contributed by atoms with E-state index in [1.165, 1.54) is 30.4 Å². The van der Waals surface area contributed by atoms with Gasteiger partial charge >= 0.3 is 5.97 Å². The Morgan fingerprint density at radius 2 is 2.04 bits per heavy atom. The lowest BCUT2D eigenvalue weighted by molar-refractivity contribution is 0.0696. The third-order valence-corrected chi connectivity index (χ3v) is 4.86. The number of aromatic carboxylic acids is 1.